The van der Waals surface area contributed by atoms with Crippen LogP contribution in [0.2, 0.25) is 0 Å². The van der Waals surface area contributed by atoms with Gasteiger partial charge in [0.2, 0.25) is 0 Å². The minimum absolute atomic E-state index is 0.155. The second-order valence-electron chi connectivity index (χ2n) is 6.60. The summed E-state index contributed by atoms with van der Waals surface area (Å²) in [4.78, 5) is 4.66. The van der Waals surface area contributed by atoms with E-state index in [9.17, 15) is 0 Å². The molecule has 3 rings (SSSR count). The highest BCUT2D eigenvalue weighted by Crippen LogP contribution is 2.27. The maximum Gasteiger partial charge on any atom is 0.195 e. The molecule has 1 aromatic carbocycles. The van der Waals surface area contributed by atoms with Crippen molar-refractivity contribution in [2.45, 2.75) is 39.0 Å². The zero-order chi connectivity index (χ0) is 13.5. The molecule has 1 aliphatic heterocycles. The van der Waals surface area contributed by atoms with Crippen LogP contribution in [0.3, 0.4) is 0 Å². The molecule has 2 aromatic rings. The van der Waals surface area contributed by atoms with Gasteiger partial charge in [-0.1, -0.05) is 26.8 Å². The van der Waals surface area contributed by atoms with E-state index in [0.717, 1.165) is 36.5 Å². The lowest BCUT2D eigenvalue weighted by molar-refractivity contribution is 0.462. The summed E-state index contributed by atoms with van der Waals surface area (Å²) >= 11 is 0. The van der Waals surface area contributed by atoms with E-state index < -0.39 is 0 Å². The molecular formula is C16H22N2O. The van der Waals surface area contributed by atoms with Crippen LogP contribution in [0.5, 0.6) is 0 Å². The van der Waals surface area contributed by atoms with E-state index in [4.69, 9.17) is 4.42 Å². The van der Waals surface area contributed by atoms with Crippen molar-refractivity contribution in [3.8, 4) is 0 Å². The number of aromatic nitrogens is 1. The Kier molecular flexibility index (Phi) is 3.09. The molecule has 0 saturated carbocycles. The fourth-order valence-electron chi connectivity index (χ4n) is 2.66. The monoisotopic (exact) mass is 258 g/mol. The minimum atomic E-state index is 0.155. The van der Waals surface area contributed by atoms with Gasteiger partial charge in [-0.3, -0.25) is 0 Å². The summed E-state index contributed by atoms with van der Waals surface area (Å²) in [6, 6.07) is 6.36. The van der Waals surface area contributed by atoms with Gasteiger partial charge < -0.3 is 9.73 Å². The predicted molar refractivity (Wildman–Crippen MR) is 77.4 cm³/mol. The minimum Gasteiger partial charge on any atom is -0.441 e. The smallest absolute Gasteiger partial charge is 0.195 e. The summed E-state index contributed by atoms with van der Waals surface area (Å²) in [6.45, 7) is 8.88. The van der Waals surface area contributed by atoms with Crippen molar-refractivity contribution in [1.29, 1.82) is 0 Å². The van der Waals surface area contributed by atoms with Crippen LogP contribution in [0.15, 0.2) is 22.6 Å². The average Bonchev–Trinajstić information content (AvgIpc) is 2.95. The summed E-state index contributed by atoms with van der Waals surface area (Å²) in [6.07, 6.45) is 2.18. The number of hydrogen-bond donors (Lipinski definition) is 1. The number of nitrogens with one attached hydrogen (secondary N) is 1. The van der Waals surface area contributed by atoms with Crippen LogP contribution in [0.4, 0.5) is 0 Å². The Morgan fingerprint density at radius 1 is 1.37 bits per heavy atom. The molecule has 0 aliphatic carbocycles. The first-order valence-corrected chi connectivity index (χ1v) is 7.13. The molecular weight excluding hydrogens is 236 g/mol. The molecule has 1 fully saturated rings. The van der Waals surface area contributed by atoms with Gasteiger partial charge in [0.25, 0.3) is 0 Å². The van der Waals surface area contributed by atoms with Crippen LogP contribution in [-0.4, -0.2) is 18.1 Å². The first-order chi connectivity index (χ1) is 9.02. The quantitative estimate of drug-likeness (QED) is 0.898. The van der Waals surface area contributed by atoms with Crippen molar-refractivity contribution in [3.05, 3.63) is 29.7 Å². The van der Waals surface area contributed by atoms with E-state index >= 15 is 0 Å². The van der Waals surface area contributed by atoms with Crippen LogP contribution in [0.1, 0.15) is 38.6 Å². The van der Waals surface area contributed by atoms with Gasteiger partial charge in [0.1, 0.15) is 5.52 Å². The molecule has 0 spiro atoms. The highest BCUT2D eigenvalue weighted by atomic mass is 16.3. The van der Waals surface area contributed by atoms with E-state index in [0.29, 0.717) is 5.92 Å². The molecule has 0 amide bonds. The molecule has 1 saturated heterocycles. The Hall–Kier alpha value is -1.35. The van der Waals surface area contributed by atoms with Crippen molar-refractivity contribution in [1.82, 2.24) is 10.3 Å². The third kappa shape index (κ3) is 2.66. The van der Waals surface area contributed by atoms with Crippen molar-refractivity contribution in [3.63, 3.8) is 0 Å². The molecule has 3 nitrogen and oxygen atoms in total. The SMILES string of the molecule is CC(C)(C)c1ccc2oc(CC3CCNC3)nc2c1. The van der Waals surface area contributed by atoms with Crippen LogP contribution >= 0.6 is 0 Å². The number of oxazole rings is 1. The molecule has 0 bridgehead atoms. The largest absolute Gasteiger partial charge is 0.441 e. The lowest BCUT2D eigenvalue weighted by atomic mass is 9.87. The standard InChI is InChI=1S/C16H22N2O/c1-16(2,3)12-4-5-14-13(9-12)18-15(19-14)8-11-6-7-17-10-11/h4-5,9,11,17H,6-8,10H2,1-3H3. The Morgan fingerprint density at radius 3 is 2.89 bits per heavy atom. The second-order valence-corrected chi connectivity index (χ2v) is 6.60. The Morgan fingerprint density at radius 2 is 2.21 bits per heavy atom. The zero-order valence-electron chi connectivity index (χ0n) is 12.0. The number of benzene rings is 1. The first-order valence-electron chi connectivity index (χ1n) is 7.13. The van der Waals surface area contributed by atoms with Crippen LogP contribution in [0.25, 0.3) is 11.1 Å². The van der Waals surface area contributed by atoms with Gasteiger partial charge in [0.15, 0.2) is 11.5 Å². The molecule has 1 unspecified atom stereocenters. The van der Waals surface area contributed by atoms with Crippen molar-refractivity contribution >= 4 is 11.1 Å². The van der Waals surface area contributed by atoms with Crippen molar-refractivity contribution in [2.75, 3.05) is 13.1 Å². The molecule has 1 N–H and O–H groups in total. The number of rotatable bonds is 2. The lowest BCUT2D eigenvalue weighted by Gasteiger charge is -2.18. The van der Waals surface area contributed by atoms with Gasteiger partial charge in [0, 0.05) is 6.42 Å². The van der Waals surface area contributed by atoms with Crippen molar-refractivity contribution in [2.24, 2.45) is 5.92 Å². The Balaban J connectivity index is 1.87. The summed E-state index contributed by atoms with van der Waals surface area (Å²) in [5.41, 5.74) is 3.37. The molecule has 0 radical (unpaired) electrons. The van der Waals surface area contributed by atoms with E-state index in [2.05, 4.69) is 49.3 Å². The molecule has 2 heterocycles. The van der Waals surface area contributed by atoms with Crippen molar-refractivity contribution < 1.29 is 4.42 Å². The molecule has 1 aliphatic rings. The maximum absolute atomic E-state index is 5.86. The third-order valence-corrected chi connectivity index (χ3v) is 3.92. The Bertz CT molecular complexity index is 574. The normalized spacial score (nSPS) is 20.3. The number of nitrogens with zero attached hydrogens (tertiary/aromatic N) is 1. The summed E-state index contributed by atoms with van der Waals surface area (Å²) in [5, 5.41) is 3.39. The maximum atomic E-state index is 5.86. The first kappa shape index (κ1) is 12.7. The Labute approximate surface area is 114 Å². The van der Waals surface area contributed by atoms with E-state index in [1.54, 1.807) is 0 Å². The fourth-order valence-corrected chi connectivity index (χ4v) is 2.66. The molecule has 102 valence electrons. The summed E-state index contributed by atoms with van der Waals surface area (Å²) in [5.74, 6) is 1.56. The molecule has 1 atom stereocenters. The zero-order valence-corrected chi connectivity index (χ0v) is 12.0. The highest BCUT2D eigenvalue weighted by Gasteiger charge is 2.19. The number of fused-ring (bicyclic) bond motifs is 1. The van der Waals surface area contributed by atoms with E-state index in [-0.39, 0.29) is 5.41 Å². The van der Waals surface area contributed by atoms with Crippen LogP contribution < -0.4 is 5.32 Å². The van der Waals surface area contributed by atoms with E-state index in [1.807, 2.05) is 0 Å². The van der Waals surface area contributed by atoms with E-state index in [1.165, 1.54) is 12.0 Å². The van der Waals surface area contributed by atoms with Crippen LogP contribution in [0, 0.1) is 5.92 Å². The molecule has 19 heavy (non-hydrogen) atoms. The predicted octanol–water partition coefficient (Wildman–Crippen LogP) is 3.28. The highest BCUT2D eigenvalue weighted by molar-refractivity contribution is 5.73. The van der Waals surface area contributed by atoms with Gasteiger partial charge in [0.05, 0.1) is 0 Å². The van der Waals surface area contributed by atoms with Crippen LogP contribution in [-0.2, 0) is 11.8 Å². The van der Waals surface area contributed by atoms with Gasteiger partial charge in [-0.15, -0.1) is 0 Å². The fraction of sp³-hybridized carbons (Fsp3) is 0.562. The van der Waals surface area contributed by atoms with Gasteiger partial charge in [-0.05, 0) is 48.5 Å². The second kappa shape index (κ2) is 4.64. The topological polar surface area (TPSA) is 38.1 Å². The number of hydrogen-bond acceptors (Lipinski definition) is 3. The van der Waals surface area contributed by atoms with Gasteiger partial charge in [-0.25, -0.2) is 4.98 Å². The summed E-state index contributed by atoms with van der Waals surface area (Å²) in [7, 11) is 0. The lowest BCUT2D eigenvalue weighted by Crippen LogP contribution is -2.11. The molecule has 3 heteroatoms. The van der Waals surface area contributed by atoms with Gasteiger partial charge in [-0.2, -0.15) is 0 Å². The molecule has 1 aromatic heterocycles. The third-order valence-electron chi connectivity index (χ3n) is 3.92. The van der Waals surface area contributed by atoms with Gasteiger partial charge >= 0.3 is 0 Å². The summed E-state index contributed by atoms with van der Waals surface area (Å²) < 4.78 is 5.86. The average molecular weight is 258 g/mol.